The number of aliphatic carboxylic acids is 1. The molecule has 20 heavy (non-hydrogen) atoms. The molecule has 0 saturated carbocycles. The summed E-state index contributed by atoms with van der Waals surface area (Å²) in [4.78, 5) is 14.6. The van der Waals surface area contributed by atoms with E-state index in [0.29, 0.717) is 23.6 Å². The van der Waals surface area contributed by atoms with Gasteiger partial charge in [-0.3, -0.25) is 9.69 Å². The van der Waals surface area contributed by atoms with Gasteiger partial charge in [0, 0.05) is 17.0 Å². The van der Waals surface area contributed by atoms with Crippen LogP contribution in [0.2, 0.25) is 0 Å². The SMILES string of the molecule is Cc1ccsc1CN(C)C(C(=O)O)c1c(C)noc1C. The maximum Gasteiger partial charge on any atom is 0.325 e. The van der Waals surface area contributed by atoms with E-state index in [1.54, 1.807) is 25.2 Å². The van der Waals surface area contributed by atoms with Crippen molar-refractivity contribution in [3.8, 4) is 0 Å². The molecule has 0 aliphatic heterocycles. The minimum absolute atomic E-state index is 0.560. The second-order valence-electron chi connectivity index (χ2n) is 4.92. The van der Waals surface area contributed by atoms with Crippen LogP contribution in [0.4, 0.5) is 0 Å². The standard InChI is InChI=1S/C14H18N2O3S/c1-8-5-6-20-11(8)7-16(4)13(14(17)18)12-9(2)15-19-10(12)3/h5-6,13H,7H2,1-4H3,(H,17,18). The number of thiophene rings is 1. The topological polar surface area (TPSA) is 66.6 Å². The molecule has 0 bridgehead atoms. The number of rotatable bonds is 5. The molecule has 0 aliphatic rings. The molecule has 2 heterocycles. The smallest absolute Gasteiger partial charge is 0.325 e. The van der Waals surface area contributed by atoms with E-state index in [0.717, 1.165) is 0 Å². The molecule has 0 aliphatic carbocycles. The first-order valence-corrected chi connectivity index (χ1v) is 7.18. The van der Waals surface area contributed by atoms with E-state index in [-0.39, 0.29) is 0 Å². The summed E-state index contributed by atoms with van der Waals surface area (Å²) in [5, 5.41) is 15.4. The molecular formula is C14H18N2O3S. The Bertz CT molecular complexity index is 598. The van der Waals surface area contributed by atoms with Gasteiger partial charge in [0.1, 0.15) is 11.8 Å². The zero-order chi connectivity index (χ0) is 14.9. The molecule has 0 amide bonds. The third kappa shape index (κ3) is 2.76. The number of aryl methyl sites for hydroxylation is 3. The zero-order valence-electron chi connectivity index (χ0n) is 12.0. The fourth-order valence-corrected chi connectivity index (χ4v) is 3.27. The molecule has 0 aromatic carbocycles. The third-order valence-corrected chi connectivity index (χ3v) is 4.41. The van der Waals surface area contributed by atoms with Gasteiger partial charge in [0.15, 0.2) is 0 Å². The molecule has 0 radical (unpaired) electrons. The molecule has 1 unspecified atom stereocenters. The van der Waals surface area contributed by atoms with Crippen LogP contribution in [-0.4, -0.2) is 28.2 Å². The van der Waals surface area contributed by atoms with E-state index in [1.165, 1.54) is 10.4 Å². The summed E-state index contributed by atoms with van der Waals surface area (Å²) in [5.74, 6) is -0.333. The molecule has 2 aromatic rings. The van der Waals surface area contributed by atoms with E-state index >= 15 is 0 Å². The van der Waals surface area contributed by atoms with Gasteiger partial charge in [-0.25, -0.2) is 0 Å². The van der Waals surface area contributed by atoms with Gasteiger partial charge in [0.05, 0.1) is 5.69 Å². The van der Waals surface area contributed by atoms with E-state index < -0.39 is 12.0 Å². The second-order valence-corrected chi connectivity index (χ2v) is 5.92. The van der Waals surface area contributed by atoms with E-state index in [1.807, 2.05) is 30.3 Å². The zero-order valence-corrected chi connectivity index (χ0v) is 12.8. The first-order valence-electron chi connectivity index (χ1n) is 6.30. The van der Waals surface area contributed by atoms with Crippen molar-refractivity contribution >= 4 is 17.3 Å². The van der Waals surface area contributed by atoms with E-state index in [2.05, 4.69) is 5.16 Å². The number of aromatic nitrogens is 1. The van der Waals surface area contributed by atoms with Crippen molar-refractivity contribution in [3.63, 3.8) is 0 Å². The second kappa shape index (κ2) is 5.76. The number of hydrogen-bond donors (Lipinski definition) is 1. The lowest BCUT2D eigenvalue weighted by atomic mass is 10.0. The molecule has 2 rings (SSSR count). The number of carboxylic acids is 1. The van der Waals surface area contributed by atoms with Crippen LogP contribution in [0.1, 0.15) is 33.5 Å². The Morgan fingerprint density at radius 1 is 1.50 bits per heavy atom. The minimum atomic E-state index is -0.892. The van der Waals surface area contributed by atoms with Crippen molar-refractivity contribution in [1.82, 2.24) is 10.1 Å². The Morgan fingerprint density at radius 3 is 2.65 bits per heavy atom. The highest BCUT2D eigenvalue weighted by atomic mass is 32.1. The molecule has 0 fully saturated rings. The molecule has 2 aromatic heterocycles. The normalized spacial score (nSPS) is 12.8. The highest BCUT2D eigenvalue weighted by Gasteiger charge is 2.31. The lowest BCUT2D eigenvalue weighted by Gasteiger charge is -2.24. The van der Waals surface area contributed by atoms with E-state index in [9.17, 15) is 9.90 Å². The highest BCUT2D eigenvalue weighted by Crippen LogP contribution is 2.29. The first-order chi connectivity index (χ1) is 9.41. The minimum Gasteiger partial charge on any atom is -0.480 e. The summed E-state index contributed by atoms with van der Waals surface area (Å²) < 4.78 is 5.10. The molecule has 0 spiro atoms. The van der Waals surface area contributed by atoms with E-state index in [4.69, 9.17) is 4.52 Å². The average Bonchev–Trinajstić information content (AvgIpc) is 2.90. The summed E-state index contributed by atoms with van der Waals surface area (Å²) in [6.07, 6.45) is 0. The van der Waals surface area contributed by atoms with Crippen molar-refractivity contribution < 1.29 is 14.4 Å². The largest absolute Gasteiger partial charge is 0.480 e. The monoisotopic (exact) mass is 294 g/mol. The number of hydrogen-bond acceptors (Lipinski definition) is 5. The Kier molecular flexibility index (Phi) is 4.25. The molecule has 0 saturated heterocycles. The average molecular weight is 294 g/mol. The van der Waals surface area contributed by atoms with Crippen LogP contribution in [0.25, 0.3) is 0 Å². The molecular weight excluding hydrogens is 276 g/mol. The highest BCUT2D eigenvalue weighted by molar-refractivity contribution is 7.10. The maximum absolute atomic E-state index is 11.6. The van der Waals surface area contributed by atoms with Crippen LogP contribution in [0, 0.1) is 20.8 Å². The van der Waals surface area contributed by atoms with Gasteiger partial charge in [-0.15, -0.1) is 11.3 Å². The van der Waals surface area contributed by atoms with Crippen molar-refractivity contribution in [2.24, 2.45) is 0 Å². The van der Waals surface area contributed by atoms with Crippen LogP contribution >= 0.6 is 11.3 Å². The number of likely N-dealkylation sites (N-methyl/N-ethyl adjacent to an activating group) is 1. The van der Waals surface area contributed by atoms with Crippen molar-refractivity contribution in [1.29, 1.82) is 0 Å². The van der Waals surface area contributed by atoms with Gasteiger partial charge < -0.3 is 9.63 Å². The molecule has 108 valence electrons. The number of nitrogens with zero attached hydrogens (tertiary/aromatic N) is 2. The van der Waals surface area contributed by atoms with Gasteiger partial charge in [-0.05, 0) is 44.8 Å². The van der Waals surface area contributed by atoms with Crippen molar-refractivity contribution in [2.45, 2.75) is 33.4 Å². The summed E-state index contributed by atoms with van der Waals surface area (Å²) in [6, 6.07) is 1.29. The van der Waals surface area contributed by atoms with Crippen LogP contribution in [0.5, 0.6) is 0 Å². The third-order valence-electron chi connectivity index (χ3n) is 3.40. The molecule has 5 nitrogen and oxygen atoms in total. The van der Waals surface area contributed by atoms with Crippen LogP contribution in [0.3, 0.4) is 0 Å². The van der Waals surface area contributed by atoms with Gasteiger partial charge in [0.2, 0.25) is 0 Å². The van der Waals surface area contributed by atoms with Crippen molar-refractivity contribution in [3.05, 3.63) is 38.9 Å². The van der Waals surface area contributed by atoms with Crippen LogP contribution in [0.15, 0.2) is 16.0 Å². The maximum atomic E-state index is 11.6. The van der Waals surface area contributed by atoms with Gasteiger partial charge in [-0.1, -0.05) is 5.16 Å². The van der Waals surface area contributed by atoms with Crippen LogP contribution in [-0.2, 0) is 11.3 Å². The molecule has 1 atom stereocenters. The fraction of sp³-hybridized carbons (Fsp3) is 0.429. The molecule has 1 N–H and O–H groups in total. The Balaban J connectivity index is 2.30. The van der Waals surface area contributed by atoms with Gasteiger partial charge in [-0.2, -0.15) is 0 Å². The summed E-state index contributed by atoms with van der Waals surface area (Å²) in [6.45, 7) is 6.14. The summed E-state index contributed by atoms with van der Waals surface area (Å²) in [7, 11) is 1.81. The Labute approximate surface area is 121 Å². The van der Waals surface area contributed by atoms with Gasteiger partial charge in [0.25, 0.3) is 0 Å². The quantitative estimate of drug-likeness (QED) is 0.918. The Morgan fingerprint density at radius 2 is 2.20 bits per heavy atom. The predicted octanol–water partition coefficient (Wildman–Crippen LogP) is 2.92. The number of carboxylic acid groups (broad SMARTS) is 1. The van der Waals surface area contributed by atoms with Crippen LogP contribution < -0.4 is 0 Å². The van der Waals surface area contributed by atoms with Gasteiger partial charge >= 0.3 is 5.97 Å². The summed E-state index contributed by atoms with van der Waals surface area (Å²) in [5.41, 5.74) is 2.46. The predicted molar refractivity (Wildman–Crippen MR) is 76.9 cm³/mol. The lowest BCUT2D eigenvalue weighted by Crippen LogP contribution is -2.31. The Hall–Kier alpha value is -1.66. The number of carbonyl (C=O) groups is 1. The summed E-state index contributed by atoms with van der Waals surface area (Å²) >= 11 is 1.64. The van der Waals surface area contributed by atoms with Crippen molar-refractivity contribution in [2.75, 3.05) is 7.05 Å². The molecule has 6 heteroatoms. The first kappa shape index (κ1) is 14.7. The fourth-order valence-electron chi connectivity index (χ4n) is 2.30. The lowest BCUT2D eigenvalue weighted by molar-refractivity contribution is -0.143.